The Morgan fingerprint density at radius 3 is 2.09 bits per heavy atom. The van der Waals surface area contributed by atoms with E-state index in [9.17, 15) is 9.90 Å². The van der Waals surface area contributed by atoms with Gasteiger partial charge in [0.25, 0.3) is 0 Å². The van der Waals surface area contributed by atoms with Crippen LogP contribution in [0.4, 0.5) is 16.2 Å². The Morgan fingerprint density at radius 1 is 1.09 bits per heavy atom. The second-order valence-corrected chi connectivity index (χ2v) is 5.25. The highest BCUT2D eigenvalue weighted by molar-refractivity contribution is 5.65. The quantitative estimate of drug-likeness (QED) is 0.790. The van der Waals surface area contributed by atoms with E-state index in [0.29, 0.717) is 6.54 Å². The molecule has 116 valence electrons. The Labute approximate surface area is 129 Å². The highest BCUT2D eigenvalue weighted by Gasteiger charge is 2.09. The fraction of sp³-hybridized carbons (Fsp3) is 0.235. The third kappa shape index (κ3) is 3.91. The lowest BCUT2D eigenvalue weighted by Gasteiger charge is -2.20. The van der Waals surface area contributed by atoms with Crippen LogP contribution < -0.4 is 10.2 Å². The predicted molar refractivity (Wildman–Crippen MR) is 87.1 cm³/mol. The minimum atomic E-state index is -1.00. The Hall–Kier alpha value is -2.69. The SMILES string of the molecule is CC(CNC(=O)O)c1ccc(N(C)c2ccc(O)cc2)cc1. The summed E-state index contributed by atoms with van der Waals surface area (Å²) in [5, 5.41) is 20.4. The molecule has 22 heavy (non-hydrogen) atoms. The molecule has 3 N–H and O–H groups in total. The molecule has 0 bridgehead atoms. The molecule has 0 radical (unpaired) electrons. The number of nitrogens with zero attached hydrogens (tertiary/aromatic N) is 1. The van der Waals surface area contributed by atoms with E-state index in [1.165, 1.54) is 0 Å². The largest absolute Gasteiger partial charge is 0.508 e. The molecule has 0 spiro atoms. The van der Waals surface area contributed by atoms with E-state index >= 15 is 0 Å². The predicted octanol–water partition coefficient (Wildman–Crippen LogP) is 3.53. The number of aromatic hydroxyl groups is 1. The molecular weight excluding hydrogens is 280 g/mol. The molecule has 2 aromatic carbocycles. The lowest BCUT2D eigenvalue weighted by molar-refractivity contribution is 0.194. The monoisotopic (exact) mass is 300 g/mol. The van der Waals surface area contributed by atoms with Crippen molar-refractivity contribution in [2.75, 3.05) is 18.5 Å². The number of hydrogen-bond acceptors (Lipinski definition) is 3. The van der Waals surface area contributed by atoms with Crippen LogP contribution in [0.1, 0.15) is 18.4 Å². The van der Waals surface area contributed by atoms with E-state index in [4.69, 9.17) is 5.11 Å². The molecule has 0 aliphatic rings. The first-order valence-corrected chi connectivity index (χ1v) is 7.07. The van der Waals surface area contributed by atoms with Gasteiger partial charge in [-0.3, -0.25) is 0 Å². The topological polar surface area (TPSA) is 72.8 Å². The average Bonchev–Trinajstić information content (AvgIpc) is 2.53. The molecule has 1 atom stereocenters. The van der Waals surface area contributed by atoms with Gasteiger partial charge in [0.15, 0.2) is 0 Å². The highest BCUT2D eigenvalue weighted by Crippen LogP contribution is 2.26. The molecule has 0 fully saturated rings. The summed E-state index contributed by atoms with van der Waals surface area (Å²) in [6.45, 7) is 2.37. The van der Waals surface area contributed by atoms with E-state index in [2.05, 4.69) is 5.32 Å². The molecule has 2 rings (SSSR count). The van der Waals surface area contributed by atoms with E-state index < -0.39 is 6.09 Å². The van der Waals surface area contributed by atoms with Gasteiger partial charge in [-0.25, -0.2) is 4.79 Å². The summed E-state index contributed by atoms with van der Waals surface area (Å²) in [6.07, 6.45) is -1.00. The van der Waals surface area contributed by atoms with Crippen molar-refractivity contribution in [3.8, 4) is 5.75 Å². The average molecular weight is 300 g/mol. The van der Waals surface area contributed by atoms with Gasteiger partial charge in [0.1, 0.15) is 5.75 Å². The van der Waals surface area contributed by atoms with Crippen LogP contribution >= 0.6 is 0 Å². The van der Waals surface area contributed by atoms with Crippen LogP contribution in [0.15, 0.2) is 48.5 Å². The first-order chi connectivity index (χ1) is 10.5. The molecule has 0 aliphatic carbocycles. The Morgan fingerprint density at radius 2 is 1.59 bits per heavy atom. The van der Waals surface area contributed by atoms with Crippen LogP contribution in [-0.2, 0) is 0 Å². The minimum absolute atomic E-state index is 0.115. The van der Waals surface area contributed by atoms with E-state index in [0.717, 1.165) is 16.9 Å². The molecular formula is C17H20N2O3. The molecule has 5 nitrogen and oxygen atoms in total. The number of phenols is 1. The highest BCUT2D eigenvalue weighted by atomic mass is 16.4. The summed E-state index contributed by atoms with van der Waals surface area (Å²) in [6, 6.07) is 15.0. The number of rotatable bonds is 5. The molecule has 2 aromatic rings. The fourth-order valence-corrected chi connectivity index (χ4v) is 2.21. The van der Waals surface area contributed by atoms with Crippen molar-refractivity contribution in [2.24, 2.45) is 0 Å². The summed E-state index contributed by atoms with van der Waals surface area (Å²) in [5.41, 5.74) is 3.08. The smallest absolute Gasteiger partial charge is 0.404 e. The van der Waals surface area contributed by atoms with E-state index in [-0.39, 0.29) is 11.7 Å². The number of benzene rings is 2. The standard InChI is InChI=1S/C17H20N2O3/c1-12(11-18-17(21)22)13-3-5-14(6-4-13)19(2)15-7-9-16(20)10-8-15/h3-10,12,18,20H,11H2,1-2H3,(H,21,22). The van der Waals surface area contributed by atoms with Crippen LogP contribution in [0.25, 0.3) is 0 Å². The van der Waals surface area contributed by atoms with Crippen molar-refractivity contribution >= 4 is 17.5 Å². The van der Waals surface area contributed by atoms with Crippen molar-refractivity contribution in [3.63, 3.8) is 0 Å². The maximum absolute atomic E-state index is 10.5. The van der Waals surface area contributed by atoms with Crippen LogP contribution in [-0.4, -0.2) is 29.9 Å². The van der Waals surface area contributed by atoms with Crippen molar-refractivity contribution in [3.05, 3.63) is 54.1 Å². The summed E-state index contributed by atoms with van der Waals surface area (Å²) < 4.78 is 0. The van der Waals surface area contributed by atoms with Crippen LogP contribution in [0, 0.1) is 0 Å². The second-order valence-electron chi connectivity index (χ2n) is 5.25. The van der Waals surface area contributed by atoms with Gasteiger partial charge in [0, 0.05) is 25.0 Å². The molecule has 0 heterocycles. The van der Waals surface area contributed by atoms with Crippen molar-refractivity contribution < 1.29 is 15.0 Å². The summed E-state index contributed by atoms with van der Waals surface area (Å²) in [7, 11) is 1.96. The van der Waals surface area contributed by atoms with Crippen molar-refractivity contribution in [2.45, 2.75) is 12.8 Å². The zero-order chi connectivity index (χ0) is 16.1. The maximum Gasteiger partial charge on any atom is 0.404 e. The molecule has 0 aliphatic heterocycles. The van der Waals surface area contributed by atoms with Gasteiger partial charge in [-0.1, -0.05) is 19.1 Å². The molecule has 5 heteroatoms. The van der Waals surface area contributed by atoms with Gasteiger partial charge in [-0.05, 0) is 47.9 Å². The Kier molecular flexibility index (Phi) is 4.88. The van der Waals surface area contributed by atoms with Gasteiger partial charge in [0.2, 0.25) is 0 Å². The maximum atomic E-state index is 10.5. The third-order valence-electron chi connectivity index (χ3n) is 3.65. The first-order valence-electron chi connectivity index (χ1n) is 7.07. The van der Waals surface area contributed by atoms with Crippen LogP contribution in [0.5, 0.6) is 5.75 Å². The number of carboxylic acid groups (broad SMARTS) is 1. The van der Waals surface area contributed by atoms with E-state index in [1.54, 1.807) is 12.1 Å². The Balaban J connectivity index is 2.07. The number of amides is 1. The van der Waals surface area contributed by atoms with Crippen LogP contribution in [0.3, 0.4) is 0 Å². The normalized spacial score (nSPS) is 11.7. The number of carbonyl (C=O) groups is 1. The zero-order valence-electron chi connectivity index (χ0n) is 12.7. The van der Waals surface area contributed by atoms with Crippen molar-refractivity contribution in [1.82, 2.24) is 5.32 Å². The van der Waals surface area contributed by atoms with Crippen LogP contribution in [0.2, 0.25) is 0 Å². The summed E-state index contributed by atoms with van der Waals surface area (Å²) >= 11 is 0. The number of hydrogen-bond donors (Lipinski definition) is 3. The number of anilines is 2. The van der Waals surface area contributed by atoms with E-state index in [1.807, 2.05) is 55.3 Å². The first kappa shape index (κ1) is 15.7. The van der Waals surface area contributed by atoms with Gasteiger partial charge < -0.3 is 20.4 Å². The summed E-state index contributed by atoms with van der Waals surface area (Å²) in [5.74, 6) is 0.358. The zero-order valence-corrected chi connectivity index (χ0v) is 12.7. The van der Waals surface area contributed by atoms with Gasteiger partial charge in [-0.15, -0.1) is 0 Å². The summed E-state index contributed by atoms with van der Waals surface area (Å²) in [4.78, 5) is 12.5. The second kappa shape index (κ2) is 6.85. The Bertz CT molecular complexity index is 623. The minimum Gasteiger partial charge on any atom is -0.508 e. The molecule has 0 saturated heterocycles. The number of nitrogens with one attached hydrogen (secondary N) is 1. The molecule has 1 amide bonds. The van der Waals surface area contributed by atoms with Gasteiger partial charge >= 0.3 is 6.09 Å². The lowest BCUT2D eigenvalue weighted by atomic mass is 10.0. The third-order valence-corrected chi connectivity index (χ3v) is 3.65. The molecule has 0 aromatic heterocycles. The van der Waals surface area contributed by atoms with Gasteiger partial charge in [0.05, 0.1) is 0 Å². The van der Waals surface area contributed by atoms with Gasteiger partial charge in [-0.2, -0.15) is 0 Å². The van der Waals surface area contributed by atoms with Crippen molar-refractivity contribution in [1.29, 1.82) is 0 Å². The molecule has 1 unspecified atom stereocenters. The fourth-order valence-electron chi connectivity index (χ4n) is 2.21. The molecule has 0 saturated carbocycles. The lowest BCUT2D eigenvalue weighted by Crippen LogP contribution is -2.25. The number of phenolic OH excluding ortho intramolecular Hbond substituents is 1.